The molecular formula is C13H12ClN3O. The van der Waals surface area contributed by atoms with Crippen molar-refractivity contribution in [3.8, 4) is 0 Å². The van der Waals surface area contributed by atoms with E-state index in [0.29, 0.717) is 5.02 Å². The van der Waals surface area contributed by atoms with Crippen molar-refractivity contribution in [2.45, 2.75) is 13.3 Å². The fraction of sp³-hybridized carbons (Fsp3) is 0.154. The number of anilines is 1. The molecule has 92 valence electrons. The number of halogens is 1. The summed E-state index contributed by atoms with van der Waals surface area (Å²) in [5.41, 5.74) is 2.47. The summed E-state index contributed by atoms with van der Waals surface area (Å²) >= 11 is 5.81. The van der Waals surface area contributed by atoms with Gasteiger partial charge in [-0.1, -0.05) is 11.6 Å². The number of rotatable bonds is 3. The van der Waals surface area contributed by atoms with Gasteiger partial charge >= 0.3 is 0 Å². The number of aryl methyl sites for hydroxylation is 1. The van der Waals surface area contributed by atoms with Crippen molar-refractivity contribution >= 4 is 23.2 Å². The molecule has 0 saturated carbocycles. The Hall–Kier alpha value is -1.94. The molecule has 0 aliphatic rings. The minimum Gasteiger partial charge on any atom is -0.324 e. The largest absolute Gasteiger partial charge is 0.324 e. The summed E-state index contributed by atoms with van der Waals surface area (Å²) in [5.74, 6) is -0.116. The molecule has 0 radical (unpaired) electrons. The molecule has 1 N–H and O–H groups in total. The van der Waals surface area contributed by atoms with Gasteiger partial charge < -0.3 is 5.32 Å². The second kappa shape index (κ2) is 5.60. The van der Waals surface area contributed by atoms with Crippen molar-refractivity contribution in [3.63, 3.8) is 0 Å². The molecule has 2 rings (SSSR count). The van der Waals surface area contributed by atoms with Gasteiger partial charge in [0.05, 0.1) is 23.3 Å². The van der Waals surface area contributed by atoms with Crippen LogP contribution in [0.2, 0.25) is 5.02 Å². The molecule has 4 nitrogen and oxygen atoms in total. The van der Waals surface area contributed by atoms with E-state index >= 15 is 0 Å². The zero-order valence-electron chi connectivity index (χ0n) is 9.85. The third kappa shape index (κ3) is 3.28. The molecule has 1 amide bonds. The smallest absolute Gasteiger partial charge is 0.228 e. The van der Waals surface area contributed by atoms with E-state index in [4.69, 9.17) is 11.6 Å². The van der Waals surface area contributed by atoms with E-state index in [1.54, 1.807) is 24.7 Å². The fourth-order valence-corrected chi connectivity index (χ4v) is 1.72. The standard InChI is InChI=1S/C13H12ClN3O/c1-9-2-3-15-8-12(9)17-13(18)5-10-4-11(14)7-16-6-10/h2-4,6-8H,5H2,1H3,(H,17,18). The quantitative estimate of drug-likeness (QED) is 0.924. The summed E-state index contributed by atoms with van der Waals surface area (Å²) in [6.07, 6.45) is 6.72. The highest BCUT2D eigenvalue weighted by Gasteiger charge is 2.06. The highest BCUT2D eigenvalue weighted by Crippen LogP contribution is 2.13. The van der Waals surface area contributed by atoms with Crippen LogP contribution in [-0.4, -0.2) is 15.9 Å². The Bertz CT molecular complexity index is 572. The van der Waals surface area contributed by atoms with E-state index in [1.807, 2.05) is 13.0 Å². The molecule has 0 saturated heterocycles. The number of hydrogen-bond donors (Lipinski definition) is 1. The number of nitrogens with one attached hydrogen (secondary N) is 1. The first-order valence-electron chi connectivity index (χ1n) is 5.45. The van der Waals surface area contributed by atoms with Gasteiger partial charge in [-0.15, -0.1) is 0 Å². The zero-order valence-corrected chi connectivity index (χ0v) is 10.6. The predicted molar refractivity (Wildman–Crippen MR) is 70.6 cm³/mol. The van der Waals surface area contributed by atoms with Gasteiger partial charge in [-0.2, -0.15) is 0 Å². The molecule has 5 heteroatoms. The Balaban J connectivity index is 2.03. The Morgan fingerprint density at radius 2 is 2.17 bits per heavy atom. The molecular weight excluding hydrogens is 250 g/mol. The molecule has 0 aromatic carbocycles. The normalized spacial score (nSPS) is 10.1. The van der Waals surface area contributed by atoms with Gasteiger partial charge in [-0.05, 0) is 30.2 Å². The maximum absolute atomic E-state index is 11.8. The average Bonchev–Trinajstić information content (AvgIpc) is 2.32. The second-order valence-electron chi connectivity index (χ2n) is 3.93. The van der Waals surface area contributed by atoms with Crippen molar-refractivity contribution in [2.75, 3.05) is 5.32 Å². The number of nitrogens with zero attached hydrogens (tertiary/aromatic N) is 2. The molecule has 18 heavy (non-hydrogen) atoms. The first kappa shape index (κ1) is 12.5. The number of hydrogen-bond acceptors (Lipinski definition) is 3. The molecule has 0 bridgehead atoms. The lowest BCUT2D eigenvalue weighted by Gasteiger charge is -2.07. The first-order chi connectivity index (χ1) is 8.65. The van der Waals surface area contributed by atoms with Gasteiger partial charge in [-0.25, -0.2) is 0 Å². The van der Waals surface area contributed by atoms with Crippen LogP contribution in [0.1, 0.15) is 11.1 Å². The maximum Gasteiger partial charge on any atom is 0.228 e. The van der Waals surface area contributed by atoms with Gasteiger partial charge in [0.2, 0.25) is 5.91 Å². The zero-order chi connectivity index (χ0) is 13.0. The summed E-state index contributed by atoms with van der Waals surface area (Å²) in [5, 5.41) is 3.33. The SMILES string of the molecule is Cc1ccncc1NC(=O)Cc1cncc(Cl)c1. The summed E-state index contributed by atoms with van der Waals surface area (Å²) in [6.45, 7) is 1.91. The van der Waals surface area contributed by atoms with Crippen LogP contribution in [0.4, 0.5) is 5.69 Å². The molecule has 0 unspecified atom stereocenters. The monoisotopic (exact) mass is 261 g/mol. The molecule has 0 aliphatic carbocycles. The topological polar surface area (TPSA) is 54.9 Å². The summed E-state index contributed by atoms with van der Waals surface area (Å²) in [6, 6.07) is 3.57. The van der Waals surface area contributed by atoms with Crippen molar-refractivity contribution in [1.29, 1.82) is 0 Å². The van der Waals surface area contributed by atoms with Crippen molar-refractivity contribution in [2.24, 2.45) is 0 Å². The van der Waals surface area contributed by atoms with Crippen LogP contribution in [0.5, 0.6) is 0 Å². The van der Waals surface area contributed by atoms with Gasteiger partial charge in [0, 0.05) is 18.6 Å². The Labute approximate surface area is 110 Å². The maximum atomic E-state index is 11.8. The van der Waals surface area contributed by atoms with E-state index in [2.05, 4.69) is 15.3 Å². The van der Waals surface area contributed by atoms with Crippen LogP contribution in [-0.2, 0) is 11.2 Å². The lowest BCUT2D eigenvalue weighted by molar-refractivity contribution is -0.115. The third-order valence-corrected chi connectivity index (χ3v) is 2.65. The van der Waals surface area contributed by atoms with E-state index in [1.165, 1.54) is 6.20 Å². The van der Waals surface area contributed by atoms with Gasteiger partial charge in [0.1, 0.15) is 0 Å². The molecule has 0 spiro atoms. The summed E-state index contributed by atoms with van der Waals surface area (Å²) in [4.78, 5) is 19.7. The highest BCUT2D eigenvalue weighted by atomic mass is 35.5. The average molecular weight is 262 g/mol. The van der Waals surface area contributed by atoms with Crippen molar-refractivity contribution < 1.29 is 4.79 Å². The molecule has 2 aromatic rings. The highest BCUT2D eigenvalue weighted by molar-refractivity contribution is 6.30. The first-order valence-corrected chi connectivity index (χ1v) is 5.83. The van der Waals surface area contributed by atoms with E-state index in [0.717, 1.165) is 16.8 Å². The van der Waals surface area contributed by atoms with Crippen LogP contribution in [0.25, 0.3) is 0 Å². The van der Waals surface area contributed by atoms with E-state index in [-0.39, 0.29) is 12.3 Å². The molecule has 0 atom stereocenters. The fourth-order valence-electron chi connectivity index (χ4n) is 1.53. The Morgan fingerprint density at radius 3 is 2.89 bits per heavy atom. The van der Waals surface area contributed by atoms with E-state index in [9.17, 15) is 4.79 Å². The molecule has 2 heterocycles. The van der Waals surface area contributed by atoms with E-state index < -0.39 is 0 Å². The lowest BCUT2D eigenvalue weighted by Crippen LogP contribution is -2.15. The number of aromatic nitrogens is 2. The number of carbonyl (C=O) groups excluding carboxylic acids is 1. The van der Waals surface area contributed by atoms with Gasteiger partial charge in [-0.3, -0.25) is 14.8 Å². The summed E-state index contributed by atoms with van der Waals surface area (Å²) in [7, 11) is 0. The van der Waals surface area contributed by atoms with Crippen LogP contribution < -0.4 is 5.32 Å². The van der Waals surface area contributed by atoms with Crippen LogP contribution in [0.15, 0.2) is 36.9 Å². The summed E-state index contributed by atoms with van der Waals surface area (Å²) < 4.78 is 0. The second-order valence-corrected chi connectivity index (χ2v) is 4.36. The molecule has 0 aliphatic heterocycles. The minimum absolute atomic E-state index is 0.116. The van der Waals surface area contributed by atoms with Crippen LogP contribution >= 0.6 is 11.6 Å². The number of amides is 1. The van der Waals surface area contributed by atoms with Crippen LogP contribution in [0.3, 0.4) is 0 Å². The lowest BCUT2D eigenvalue weighted by atomic mass is 10.2. The minimum atomic E-state index is -0.116. The number of carbonyl (C=O) groups is 1. The van der Waals surface area contributed by atoms with Crippen LogP contribution in [0, 0.1) is 6.92 Å². The van der Waals surface area contributed by atoms with Crippen molar-refractivity contribution in [1.82, 2.24) is 9.97 Å². The van der Waals surface area contributed by atoms with Gasteiger partial charge in [0.15, 0.2) is 0 Å². The molecule has 2 aromatic heterocycles. The van der Waals surface area contributed by atoms with Gasteiger partial charge in [0.25, 0.3) is 0 Å². The number of pyridine rings is 2. The molecule has 0 fully saturated rings. The Kier molecular flexibility index (Phi) is 3.89. The third-order valence-electron chi connectivity index (χ3n) is 2.44. The van der Waals surface area contributed by atoms with Crippen molar-refractivity contribution in [3.05, 3.63) is 53.1 Å². The predicted octanol–water partition coefficient (Wildman–Crippen LogP) is 2.62. The Morgan fingerprint density at radius 1 is 1.33 bits per heavy atom.